The van der Waals surface area contributed by atoms with Crippen LogP contribution in [-0.2, 0) is 29.0 Å². The maximum atomic E-state index is 12.3. The third-order valence-electron chi connectivity index (χ3n) is 4.16. The molecule has 26 heavy (non-hydrogen) atoms. The van der Waals surface area contributed by atoms with E-state index in [0.717, 1.165) is 5.56 Å². The maximum Gasteiger partial charge on any atom is 0.410 e. The Kier molecular flexibility index (Phi) is 5.36. The van der Waals surface area contributed by atoms with Crippen molar-refractivity contribution in [3.63, 3.8) is 0 Å². The molecule has 2 aromatic rings. The molecule has 7 nitrogen and oxygen atoms in total. The van der Waals surface area contributed by atoms with Crippen molar-refractivity contribution in [1.82, 2.24) is 9.88 Å². The lowest BCUT2D eigenvalue weighted by Gasteiger charge is -2.28. The van der Waals surface area contributed by atoms with Crippen LogP contribution in [0.15, 0.2) is 36.5 Å². The van der Waals surface area contributed by atoms with E-state index in [4.69, 9.17) is 9.47 Å². The standard InChI is InChI=1S/C19H20N2O5/c1-2-25-18(23)14-10-20-16-8-9-21(11-15(16)17(14)22)19(24)26-12-13-6-4-3-5-7-13/h3-7,10H,2,8-9,11-12H2,1H3,(H,20,22). The fourth-order valence-electron chi connectivity index (χ4n) is 2.80. The molecule has 0 atom stereocenters. The van der Waals surface area contributed by atoms with Crippen molar-refractivity contribution in [1.29, 1.82) is 0 Å². The summed E-state index contributed by atoms with van der Waals surface area (Å²) in [4.78, 5) is 29.9. The molecule has 1 aromatic heterocycles. The van der Waals surface area contributed by atoms with Crippen LogP contribution in [0.1, 0.15) is 34.1 Å². The van der Waals surface area contributed by atoms with Gasteiger partial charge in [-0.1, -0.05) is 30.3 Å². The van der Waals surface area contributed by atoms with E-state index in [1.807, 2.05) is 30.3 Å². The number of carbonyl (C=O) groups is 2. The molecule has 1 N–H and O–H groups in total. The number of hydrogen-bond donors (Lipinski definition) is 1. The molecule has 3 rings (SSSR count). The Balaban J connectivity index is 1.70. The number of fused-ring (bicyclic) bond motifs is 1. The lowest BCUT2D eigenvalue weighted by molar-refractivity contribution is 0.0522. The third-order valence-corrected chi connectivity index (χ3v) is 4.16. The summed E-state index contributed by atoms with van der Waals surface area (Å²) in [5.41, 5.74) is 2.03. The van der Waals surface area contributed by atoms with Crippen molar-refractivity contribution in [2.75, 3.05) is 13.2 Å². The van der Waals surface area contributed by atoms with E-state index in [1.54, 1.807) is 6.92 Å². The number of benzene rings is 1. The molecular weight excluding hydrogens is 336 g/mol. The molecule has 1 aliphatic heterocycles. The monoisotopic (exact) mass is 356 g/mol. The van der Waals surface area contributed by atoms with E-state index in [1.165, 1.54) is 11.1 Å². The SMILES string of the molecule is CCOC(=O)c1cnc2c(c1O)CN(C(=O)OCc1ccccc1)CC2. The van der Waals surface area contributed by atoms with Crippen LogP contribution in [0.3, 0.4) is 0 Å². The van der Waals surface area contributed by atoms with Gasteiger partial charge >= 0.3 is 12.1 Å². The van der Waals surface area contributed by atoms with Crippen LogP contribution < -0.4 is 0 Å². The highest BCUT2D eigenvalue weighted by molar-refractivity contribution is 5.92. The number of esters is 1. The number of pyridine rings is 1. The van der Waals surface area contributed by atoms with Crippen molar-refractivity contribution >= 4 is 12.1 Å². The van der Waals surface area contributed by atoms with E-state index in [2.05, 4.69) is 4.98 Å². The van der Waals surface area contributed by atoms with Crippen LogP contribution in [0.2, 0.25) is 0 Å². The Morgan fingerprint density at radius 3 is 2.73 bits per heavy atom. The molecule has 1 amide bonds. The average molecular weight is 356 g/mol. The first-order valence-corrected chi connectivity index (χ1v) is 8.42. The van der Waals surface area contributed by atoms with Crippen LogP contribution in [0.4, 0.5) is 4.79 Å². The van der Waals surface area contributed by atoms with Crippen LogP contribution in [-0.4, -0.2) is 40.2 Å². The van der Waals surface area contributed by atoms with E-state index < -0.39 is 12.1 Å². The Morgan fingerprint density at radius 1 is 1.23 bits per heavy atom. The van der Waals surface area contributed by atoms with Gasteiger partial charge in [-0.05, 0) is 12.5 Å². The van der Waals surface area contributed by atoms with Crippen LogP contribution in [0, 0.1) is 0 Å². The normalized spacial score (nSPS) is 13.0. The molecule has 0 spiro atoms. The number of rotatable bonds is 4. The fourth-order valence-corrected chi connectivity index (χ4v) is 2.80. The Bertz CT molecular complexity index is 807. The van der Waals surface area contributed by atoms with Gasteiger partial charge in [-0.25, -0.2) is 9.59 Å². The van der Waals surface area contributed by atoms with Crippen molar-refractivity contribution in [2.24, 2.45) is 0 Å². The quantitative estimate of drug-likeness (QED) is 0.847. The van der Waals surface area contributed by atoms with Gasteiger partial charge in [0.2, 0.25) is 0 Å². The Labute approximate surface area is 151 Å². The van der Waals surface area contributed by atoms with Gasteiger partial charge in [0.15, 0.2) is 0 Å². The summed E-state index contributed by atoms with van der Waals surface area (Å²) in [6.45, 7) is 2.63. The smallest absolute Gasteiger partial charge is 0.410 e. The summed E-state index contributed by atoms with van der Waals surface area (Å²) >= 11 is 0. The zero-order valence-electron chi connectivity index (χ0n) is 14.5. The number of aromatic hydroxyl groups is 1. The van der Waals surface area contributed by atoms with Gasteiger partial charge in [0.25, 0.3) is 0 Å². The van der Waals surface area contributed by atoms with Gasteiger partial charge in [0, 0.05) is 24.7 Å². The van der Waals surface area contributed by atoms with Gasteiger partial charge in [0.05, 0.1) is 18.8 Å². The van der Waals surface area contributed by atoms with Gasteiger partial charge in [-0.2, -0.15) is 0 Å². The van der Waals surface area contributed by atoms with Gasteiger partial charge in [0.1, 0.15) is 17.9 Å². The molecule has 0 radical (unpaired) electrons. The summed E-state index contributed by atoms with van der Waals surface area (Å²) in [5, 5.41) is 10.4. The summed E-state index contributed by atoms with van der Waals surface area (Å²) in [6.07, 6.45) is 1.32. The van der Waals surface area contributed by atoms with Crippen molar-refractivity contribution < 1.29 is 24.2 Å². The summed E-state index contributed by atoms with van der Waals surface area (Å²) in [6, 6.07) is 9.39. The van der Waals surface area contributed by atoms with Crippen LogP contribution >= 0.6 is 0 Å². The highest BCUT2D eigenvalue weighted by Crippen LogP contribution is 2.30. The predicted octanol–water partition coefficient (Wildman–Crippen LogP) is 2.66. The highest BCUT2D eigenvalue weighted by Gasteiger charge is 2.28. The highest BCUT2D eigenvalue weighted by atomic mass is 16.6. The molecule has 0 bridgehead atoms. The molecule has 0 saturated carbocycles. The molecule has 7 heteroatoms. The van der Waals surface area contributed by atoms with Crippen molar-refractivity contribution in [3.8, 4) is 5.75 Å². The minimum Gasteiger partial charge on any atom is -0.507 e. The largest absolute Gasteiger partial charge is 0.507 e. The summed E-state index contributed by atoms with van der Waals surface area (Å²) in [7, 11) is 0. The summed E-state index contributed by atoms with van der Waals surface area (Å²) in [5.74, 6) is -0.821. The second-order valence-electron chi connectivity index (χ2n) is 5.88. The lowest BCUT2D eigenvalue weighted by Crippen LogP contribution is -2.37. The van der Waals surface area contributed by atoms with Crippen LogP contribution in [0.5, 0.6) is 5.75 Å². The number of amides is 1. The molecule has 1 aromatic carbocycles. The van der Waals surface area contributed by atoms with Gasteiger partial charge in [-0.3, -0.25) is 4.98 Å². The van der Waals surface area contributed by atoms with Crippen LogP contribution in [0.25, 0.3) is 0 Å². The number of aromatic nitrogens is 1. The fraction of sp³-hybridized carbons (Fsp3) is 0.316. The minimum absolute atomic E-state index is 0.00472. The number of nitrogens with zero attached hydrogens (tertiary/aromatic N) is 2. The first kappa shape index (κ1) is 17.7. The predicted molar refractivity (Wildman–Crippen MR) is 92.6 cm³/mol. The van der Waals surface area contributed by atoms with Gasteiger partial charge in [-0.15, -0.1) is 0 Å². The number of carbonyl (C=O) groups excluding carboxylic acids is 2. The molecule has 2 heterocycles. The van der Waals surface area contributed by atoms with E-state index in [-0.39, 0.29) is 31.1 Å². The third kappa shape index (κ3) is 3.77. The molecule has 136 valence electrons. The molecule has 0 unspecified atom stereocenters. The van der Waals surface area contributed by atoms with E-state index in [0.29, 0.717) is 24.2 Å². The molecular formula is C19H20N2O5. The van der Waals surface area contributed by atoms with E-state index >= 15 is 0 Å². The first-order chi connectivity index (χ1) is 12.6. The second-order valence-corrected chi connectivity index (χ2v) is 5.88. The Morgan fingerprint density at radius 2 is 2.00 bits per heavy atom. The average Bonchev–Trinajstić information content (AvgIpc) is 2.67. The molecule has 0 saturated heterocycles. The molecule has 1 aliphatic rings. The topological polar surface area (TPSA) is 89.0 Å². The number of hydrogen-bond acceptors (Lipinski definition) is 6. The van der Waals surface area contributed by atoms with Crippen molar-refractivity contribution in [3.05, 3.63) is 58.9 Å². The maximum absolute atomic E-state index is 12.3. The zero-order valence-corrected chi connectivity index (χ0v) is 14.5. The van der Waals surface area contributed by atoms with Gasteiger partial charge < -0.3 is 19.5 Å². The summed E-state index contributed by atoms with van der Waals surface area (Å²) < 4.78 is 10.2. The molecule has 0 aliphatic carbocycles. The number of ether oxygens (including phenoxy) is 2. The molecule has 0 fully saturated rings. The Hall–Kier alpha value is -3.09. The zero-order chi connectivity index (χ0) is 18.5. The first-order valence-electron chi connectivity index (χ1n) is 8.42. The minimum atomic E-state index is -0.635. The van der Waals surface area contributed by atoms with E-state index in [9.17, 15) is 14.7 Å². The lowest BCUT2D eigenvalue weighted by atomic mass is 10.0. The van der Waals surface area contributed by atoms with Crippen molar-refractivity contribution in [2.45, 2.75) is 26.5 Å². The second kappa shape index (κ2) is 7.86.